The van der Waals surface area contributed by atoms with Gasteiger partial charge in [0.1, 0.15) is 0 Å². The van der Waals surface area contributed by atoms with Crippen molar-refractivity contribution in [2.75, 3.05) is 0 Å². The van der Waals surface area contributed by atoms with Crippen molar-refractivity contribution >= 4 is 5.78 Å². The molecule has 0 radical (unpaired) electrons. The van der Waals surface area contributed by atoms with E-state index in [1.54, 1.807) is 0 Å². The lowest BCUT2D eigenvalue weighted by Gasteiger charge is -2.61. The second kappa shape index (κ2) is 7.94. The van der Waals surface area contributed by atoms with E-state index >= 15 is 0 Å². The number of fused-ring (bicyclic) bond motifs is 5. The Bertz CT molecular complexity index is 614. The van der Waals surface area contributed by atoms with Crippen LogP contribution in [0, 0.1) is 52.3 Å². The molecule has 9 atom stereocenters. The smallest absolute Gasteiger partial charge is 0.167 e. The predicted molar refractivity (Wildman–Crippen MR) is 118 cm³/mol. The van der Waals surface area contributed by atoms with Crippen molar-refractivity contribution in [3.05, 3.63) is 0 Å². The first-order valence-electron chi connectivity index (χ1n) is 12.8. The molecule has 0 aromatic rings. The molecule has 166 valence electrons. The Labute approximate surface area is 179 Å². The van der Waals surface area contributed by atoms with Gasteiger partial charge in [0, 0.05) is 12.3 Å². The first-order chi connectivity index (χ1) is 13.7. The van der Waals surface area contributed by atoms with Gasteiger partial charge >= 0.3 is 0 Å². The highest BCUT2D eigenvalue weighted by atomic mass is 19.1. The maximum Gasteiger partial charge on any atom is 0.167 e. The zero-order valence-electron chi connectivity index (χ0n) is 19.7. The average molecular weight is 405 g/mol. The molecule has 1 nitrogen and oxygen atoms in total. The summed E-state index contributed by atoms with van der Waals surface area (Å²) in [4.78, 5) is 12.1. The van der Waals surface area contributed by atoms with Crippen LogP contribution in [0.2, 0.25) is 0 Å². The first-order valence-corrected chi connectivity index (χ1v) is 12.8. The molecule has 4 fully saturated rings. The number of hydrogen-bond donors (Lipinski definition) is 0. The Morgan fingerprint density at radius 2 is 1.59 bits per heavy atom. The molecule has 0 aromatic heterocycles. The molecule has 0 spiro atoms. The van der Waals surface area contributed by atoms with Gasteiger partial charge in [0.25, 0.3) is 0 Å². The minimum absolute atomic E-state index is 0.00140. The maximum absolute atomic E-state index is 14.9. The van der Waals surface area contributed by atoms with E-state index < -0.39 is 6.17 Å². The van der Waals surface area contributed by atoms with Gasteiger partial charge in [-0.3, -0.25) is 4.79 Å². The van der Waals surface area contributed by atoms with Gasteiger partial charge in [-0.25, -0.2) is 4.39 Å². The summed E-state index contributed by atoms with van der Waals surface area (Å²) in [6.07, 6.45) is 11.9. The normalized spacial score (nSPS) is 48.2. The van der Waals surface area contributed by atoms with E-state index in [4.69, 9.17) is 0 Å². The van der Waals surface area contributed by atoms with Crippen molar-refractivity contribution in [3.63, 3.8) is 0 Å². The van der Waals surface area contributed by atoms with Gasteiger partial charge in [-0.1, -0.05) is 53.9 Å². The molecule has 0 aromatic carbocycles. The van der Waals surface area contributed by atoms with E-state index in [9.17, 15) is 9.18 Å². The third kappa shape index (κ3) is 3.53. The molecule has 29 heavy (non-hydrogen) atoms. The van der Waals surface area contributed by atoms with Crippen LogP contribution in [-0.2, 0) is 4.79 Å². The van der Waals surface area contributed by atoms with Crippen molar-refractivity contribution in [2.45, 2.75) is 111 Å². The summed E-state index contributed by atoms with van der Waals surface area (Å²) >= 11 is 0. The van der Waals surface area contributed by atoms with Crippen LogP contribution in [0.5, 0.6) is 0 Å². The minimum atomic E-state index is -1.18. The van der Waals surface area contributed by atoms with Crippen molar-refractivity contribution in [1.82, 2.24) is 0 Å². The fourth-order valence-electron chi connectivity index (χ4n) is 9.12. The van der Waals surface area contributed by atoms with Gasteiger partial charge in [0.05, 0.1) is 0 Å². The Hall–Kier alpha value is -0.400. The third-order valence-electron chi connectivity index (χ3n) is 10.7. The minimum Gasteiger partial charge on any atom is -0.296 e. The lowest BCUT2D eigenvalue weighted by Crippen LogP contribution is -2.56. The van der Waals surface area contributed by atoms with Crippen LogP contribution in [0.3, 0.4) is 0 Å². The molecule has 4 aliphatic carbocycles. The second-order valence-corrected chi connectivity index (χ2v) is 12.5. The SMILES string of the molecule is CC(C)CCC[C@@H](C)[C@H]1CC[C@H]2[C@@H]3CC[C@H]4[C@H](F)C(=O)CC[C@]4(C)[C@H]3CC[C@]12C. The number of carbonyl (C=O) groups is 1. The van der Waals surface area contributed by atoms with E-state index in [1.807, 2.05) is 0 Å². The summed E-state index contributed by atoms with van der Waals surface area (Å²) in [5.41, 5.74) is 0.569. The van der Waals surface area contributed by atoms with E-state index in [-0.39, 0.29) is 17.1 Å². The van der Waals surface area contributed by atoms with Crippen LogP contribution in [0.25, 0.3) is 0 Å². The molecule has 0 amide bonds. The van der Waals surface area contributed by atoms with Gasteiger partial charge in [-0.05, 0) is 91.3 Å². The number of hydrogen-bond acceptors (Lipinski definition) is 1. The summed E-state index contributed by atoms with van der Waals surface area (Å²) < 4.78 is 14.9. The van der Waals surface area contributed by atoms with Crippen molar-refractivity contribution < 1.29 is 9.18 Å². The quantitative estimate of drug-likeness (QED) is 0.460. The molecule has 0 saturated heterocycles. The maximum atomic E-state index is 14.9. The Morgan fingerprint density at radius 3 is 2.31 bits per heavy atom. The number of rotatable bonds is 5. The number of carbonyl (C=O) groups excluding carboxylic acids is 1. The number of Topliss-reactive ketones (excluding diaryl/α,β-unsaturated/α-hetero) is 1. The molecule has 4 rings (SSSR count). The van der Waals surface area contributed by atoms with E-state index in [0.717, 1.165) is 42.4 Å². The van der Waals surface area contributed by atoms with Crippen molar-refractivity contribution in [3.8, 4) is 0 Å². The molecule has 0 heterocycles. The highest BCUT2D eigenvalue weighted by molar-refractivity contribution is 5.84. The van der Waals surface area contributed by atoms with Crippen LogP contribution >= 0.6 is 0 Å². The van der Waals surface area contributed by atoms with Gasteiger partial charge < -0.3 is 0 Å². The molecule has 4 saturated carbocycles. The average Bonchev–Trinajstić information content (AvgIpc) is 3.02. The Morgan fingerprint density at radius 1 is 0.897 bits per heavy atom. The van der Waals surface area contributed by atoms with Crippen LogP contribution in [0.1, 0.15) is 105 Å². The monoisotopic (exact) mass is 404 g/mol. The Kier molecular flexibility index (Phi) is 5.97. The van der Waals surface area contributed by atoms with Crippen LogP contribution < -0.4 is 0 Å². The van der Waals surface area contributed by atoms with Crippen LogP contribution in [0.15, 0.2) is 0 Å². The zero-order valence-corrected chi connectivity index (χ0v) is 19.7. The topological polar surface area (TPSA) is 17.1 Å². The third-order valence-corrected chi connectivity index (χ3v) is 10.7. The largest absolute Gasteiger partial charge is 0.296 e. The van der Waals surface area contributed by atoms with Gasteiger partial charge in [-0.2, -0.15) is 0 Å². The molecular weight excluding hydrogens is 359 g/mol. The fourth-order valence-corrected chi connectivity index (χ4v) is 9.12. The van der Waals surface area contributed by atoms with Crippen molar-refractivity contribution in [1.29, 1.82) is 0 Å². The van der Waals surface area contributed by atoms with E-state index in [0.29, 0.717) is 17.8 Å². The van der Waals surface area contributed by atoms with Gasteiger partial charge in [0.2, 0.25) is 0 Å². The van der Waals surface area contributed by atoms with Crippen molar-refractivity contribution in [2.24, 2.45) is 52.3 Å². The highest BCUT2D eigenvalue weighted by Gasteiger charge is 2.62. The van der Waals surface area contributed by atoms with E-state index in [1.165, 1.54) is 51.4 Å². The summed E-state index contributed by atoms with van der Waals surface area (Å²) in [6, 6.07) is 0. The summed E-state index contributed by atoms with van der Waals surface area (Å²) in [5.74, 6) is 4.71. The zero-order chi connectivity index (χ0) is 21.0. The molecule has 0 N–H and O–H groups in total. The molecule has 4 aliphatic rings. The highest BCUT2D eigenvalue weighted by Crippen LogP contribution is 2.68. The fraction of sp³-hybridized carbons (Fsp3) is 0.963. The van der Waals surface area contributed by atoms with Gasteiger partial charge in [-0.15, -0.1) is 0 Å². The summed E-state index contributed by atoms with van der Waals surface area (Å²) in [7, 11) is 0. The van der Waals surface area contributed by atoms with Crippen LogP contribution in [0.4, 0.5) is 4.39 Å². The summed E-state index contributed by atoms with van der Waals surface area (Å²) in [5, 5.41) is 0. The number of halogens is 1. The predicted octanol–water partition coefficient (Wildman–Crippen LogP) is 7.62. The van der Waals surface area contributed by atoms with Crippen LogP contribution in [-0.4, -0.2) is 12.0 Å². The van der Waals surface area contributed by atoms with E-state index in [2.05, 4.69) is 34.6 Å². The molecule has 0 unspecified atom stereocenters. The lowest BCUT2D eigenvalue weighted by atomic mass is 9.44. The molecular formula is C27H45FO. The Balaban J connectivity index is 1.48. The lowest BCUT2D eigenvalue weighted by molar-refractivity contribution is -0.154. The molecule has 0 aliphatic heterocycles. The second-order valence-electron chi connectivity index (χ2n) is 12.5. The number of alkyl halides is 1. The standard InChI is InChI=1S/C27H45FO/c1-17(2)7-6-8-18(3)20-11-12-21-19-9-10-23-25(28)24(29)14-16-27(23,5)22(19)13-15-26(20,21)4/h17-23,25H,6-16H2,1-5H3/t18-,19+,20-,21+,22+,23+,25+,26-,27-/m1/s1. The first kappa shape index (κ1) is 21.8. The molecule has 2 heteroatoms. The summed E-state index contributed by atoms with van der Waals surface area (Å²) in [6.45, 7) is 12.2. The molecule has 0 bridgehead atoms. The number of ketones is 1. The van der Waals surface area contributed by atoms with Gasteiger partial charge in [0.15, 0.2) is 12.0 Å².